The van der Waals surface area contributed by atoms with E-state index in [1.807, 2.05) is 21.6 Å². The number of benzene rings is 1. The van der Waals surface area contributed by atoms with Gasteiger partial charge in [0.2, 0.25) is 5.43 Å². The lowest BCUT2D eigenvalue weighted by atomic mass is 10.0. The second-order valence-corrected chi connectivity index (χ2v) is 6.65. The summed E-state index contributed by atoms with van der Waals surface area (Å²) in [6.45, 7) is 5.59. The van der Waals surface area contributed by atoms with E-state index < -0.39 is 0 Å². The molecule has 1 aromatic heterocycles. The first-order valence-corrected chi connectivity index (χ1v) is 8.77. The van der Waals surface area contributed by atoms with E-state index in [0.717, 1.165) is 44.3 Å². The van der Waals surface area contributed by atoms with Crippen molar-refractivity contribution in [2.75, 3.05) is 12.3 Å². The Bertz CT molecular complexity index is 825. The van der Waals surface area contributed by atoms with Crippen LogP contribution in [0, 0.1) is 0 Å². The highest BCUT2D eigenvalue weighted by atomic mass is 16.2. The van der Waals surface area contributed by atoms with Crippen LogP contribution in [0.4, 0.5) is 5.69 Å². The number of piperidine rings is 1. The lowest BCUT2D eigenvalue weighted by Gasteiger charge is -2.33. The highest BCUT2D eigenvalue weighted by molar-refractivity contribution is 6.00. The van der Waals surface area contributed by atoms with Crippen LogP contribution in [0.25, 0.3) is 10.9 Å². The Morgan fingerprint density at radius 1 is 1.33 bits per heavy atom. The third-order valence-electron chi connectivity index (χ3n) is 4.90. The number of pyridine rings is 1. The van der Waals surface area contributed by atoms with Crippen LogP contribution in [0.3, 0.4) is 0 Å². The second-order valence-electron chi connectivity index (χ2n) is 6.65. The Morgan fingerprint density at radius 3 is 2.83 bits per heavy atom. The van der Waals surface area contributed by atoms with Gasteiger partial charge in [0.15, 0.2) is 0 Å². The molecule has 2 N–H and O–H groups in total. The summed E-state index contributed by atoms with van der Waals surface area (Å²) in [5, 5.41) is 0.460. The molecular weight excluding hydrogens is 302 g/mol. The second kappa shape index (κ2) is 6.67. The van der Waals surface area contributed by atoms with Gasteiger partial charge in [-0.2, -0.15) is 0 Å². The molecule has 1 saturated heterocycles. The Morgan fingerprint density at radius 2 is 2.12 bits per heavy atom. The summed E-state index contributed by atoms with van der Waals surface area (Å²) in [7, 11) is 0. The number of anilines is 1. The molecule has 1 fully saturated rings. The Hall–Kier alpha value is -2.30. The van der Waals surface area contributed by atoms with E-state index in [0.29, 0.717) is 11.1 Å². The predicted molar refractivity (Wildman–Crippen MR) is 97.3 cm³/mol. The molecule has 128 valence electrons. The molecule has 2 aromatic rings. The molecule has 1 aliphatic heterocycles. The smallest absolute Gasteiger partial charge is 0.259 e. The number of hydrogen-bond acceptors (Lipinski definition) is 3. The van der Waals surface area contributed by atoms with Gasteiger partial charge in [0, 0.05) is 31.0 Å². The van der Waals surface area contributed by atoms with Gasteiger partial charge in [0.1, 0.15) is 5.56 Å². The molecule has 0 aliphatic carbocycles. The Labute approximate surface area is 142 Å². The minimum atomic E-state index is -0.252. The lowest BCUT2D eigenvalue weighted by molar-refractivity contribution is 0.0633. The van der Waals surface area contributed by atoms with Gasteiger partial charge < -0.3 is 15.2 Å². The lowest BCUT2D eigenvalue weighted by Crippen LogP contribution is -2.43. The molecule has 1 aliphatic rings. The molecule has 5 heteroatoms. The molecule has 0 spiro atoms. The number of fused-ring (bicyclic) bond motifs is 1. The van der Waals surface area contributed by atoms with Gasteiger partial charge in [-0.3, -0.25) is 9.59 Å². The minimum Gasteiger partial charge on any atom is -0.398 e. The van der Waals surface area contributed by atoms with Crippen LogP contribution in [0.2, 0.25) is 0 Å². The average molecular weight is 327 g/mol. The summed E-state index contributed by atoms with van der Waals surface area (Å²) in [6.07, 6.45) is 5.76. The molecule has 1 aromatic carbocycles. The largest absolute Gasteiger partial charge is 0.398 e. The molecular formula is C19H25N3O2. The number of carbonyl (C=O) groups is 1. The summed E-state index contributed by atoms with van der Waals surface area (Å²) in [4.78, 5) is 27.8. The molecule has 2 heterocycles. The SMILES string of the molecule is CCCn1cc(C(=O)N2CCCCC2C)c(=O)c2c(N)cccc21. The van der Waals surface area contributed by atoms with Crippen molar-refractivity contribution < 1.29 is 4.79 Å². The molecule has 5 nitrogen and oxygen atoms in total. The van der Waals surface area contributed by atoms with Crippen molar-refractivity contribution in [3.8, 4) is 0 Å². The zero-order valence-electron chi connectivity index (χ0n) is 14.4. The maximum Gasteiger partial charge on any atom is 0.259 e. The van der Waals surface area contributed by atoms with Crippen molar-refractivity contribution in [3.05, 3.63) is 40.2 Å². The van der Waals surface area contributed by atoms with E-state index in [1.54, 1.807) is 12.3 Å². The number of aryl methyl sites for hydroxylation is 1. The van der Waals surface area contributed by atoms with Crippen molar-refractivity contribution in [1.82, 2.24) is 9.47 Å². The van der Waals surface area contributed by atoms with Crippen molar-refractivity contribution in [2.45, 2.75) is 52.1 Å². The Kier molecular flexibility index (Phi) is 4.60. The maximum absolute atomic E-state index is 13.0. The first-order chi connectivity index (χ1) is 11.5. The van der Waals surface area contributed by atoms with Crippen molar-refractivity contribution >= 4 is 22.5 Å². The molecule has 0 radical (unpaired) electrons. The number of likely N-dealkylation sites (tertiary alicyclic amines) is 1. The van der Waals surface area contributed by atoms with Crippen LogP contribution in [0.5, 0.6) is 0 Å². The first-order valence-electron chi connectivity index (χ1n) is 8.77. The fourth-order valence-electron chi connectivity index (χ4n) is 3.60. The number of nitrogens with two attached hydrogens (primary N) is 1. The topological polar surface area (TPSA) is 68.3 Å². The maximum atomic E-state index is 13.0. The number of carbonyl (C=O) groups excluding carboxylic acids is 1. The monoisotopic (exact) mass is 327 g/mol. The van der Waals surface area contributed by atoms with Gasteiger partial charge in [-0.05, 0) is 44.7 Å². The molecule has 24 heavy (non-hydrogen) atoms. The summed E-state index contributed by atoms with van der Waals surface area (Å²) >= 11 is 0. The van der Waals surface area contributed by atoms with Crippen molar-refractivity contribution in [2.24, 2.45) is 0 Å². The molecule has 1 unspecified atom stereocenters. The molecule has 1 atom stereocenters. The fourth-order valence-corrected chi connectivity index (χ4v) is 3.60. The first kappa shape index (κ1) is 16.6. The standard InChI is InChI=1S/C19H25N3O2/c1-3-10-21-12-14(19(24)22-11-5-4-7-13(22)2)18(23)17-15(20)8-6-9-16(17)21/h6,8-9,12-13H,3-5,7,10-11,20H2,1-2H3. The summed E-state index contributed by atoms with van der Waals surface area (Å²) < 4.78 is 1.98. The third kappa shape index (κ3) is 2.79. The van der Waals surface area contributed by atoms with Crippen LogP contribution in [0.15, 0.2) is 29.2 Å². The molecule has 3 rings (SSSR count). The zero-order chi connectivity index (χ0) is 17.3. The van der Waals surface area contributed by atoms with E-state index in [1.165, 1.54) is 0 Å². The van der Waals surface area contributed by atoms with Gasteiger partial charge in [-0.1, -0.05) is 13.0 Å². The van der Waals surface area contributed by atoms with E-state index in [-0.39, 0.29) is 22.9 Å². The van der Waals surface area contributed by atoms with Gasteiger partial charge in [0.05, 0.1) is 10.9 Å². The Balaban J connectivity index is 2.17. The number of nitrogens with zero attached hydrogens (tertiary/aromatic N) is 2. The van der Waals surface area contributed by atoms with Gasteiger partial charge in [-0.15, -0.1) is 0 Å². The number of nitrogen functional groups attached to an aromatic ring is 1. The number of amides is 1. The number of hydrogen-bond donors (Lipinski definition) is 1. The van der Waals surface area contributed by atoms with Crippen LogP contribution in [0.1, 0.15) is 49.9 Å². The van der Waals surface area contributed by atoms with E-state index in [2.05, 4.69) is 13.8 Å². The molecule has 0 bridgehead atoms. The zero-order valence-corrected chi connectivity index (χ0v) is 14.4. The van der Waals surface area contributed by atoms with E-state index in [9.17, 15) is 9.59 Å². The van der Waals surface area contributed by atoms with Crippen LogP contribution >= 0.6 is 0 Å². The molecule has 0 saturated carbocycles. The normalized spacial score (nSPS) is 18.1. The van der Waals surface area contributed by atoms with Crippen molar-refractivity contribution in [3.63, 3.8) is 0 Å². The number of rotatable bonds is 3. The number of aromatic nitrogens is 1. The third-order valence-corrected chi connectivity index (χ3v) is 4.90. The van der Waals surface area contributed by atoms with Crippen molar-refractivity contribution in [1.29, 1.82) is 0 Å². The molecule has 1 amide bonds. The summed E-state index contributed by atoms with van der Waals surface area (Å²) in [5.41, 5.74) is 7.28. The highest BCUT2D eigenvalue weighted by Gasteiger charge is 2.27. The van der Waals surface area contributed by atoms with E-state index >= 15 is 0 Å². The van der Waals surface area contributed by atoms with Gasteiger partial charge in [-0.25, -0.2) is 0 Å². The van der Waals surface area contributed by atoms with E-state index in [4.69, 9.17) is 5.73 Å². The fraction of sp³-hybridized carbons (Fsp3) is 0.474. The predicted octanol–water partition coefficient (Wildman–Crippen LogP) is 3.01. The minimum absolute atomic E-state index is 0.165. The van der Waals surface area contributed by atoms with Gasteiger partial charge >= 0.3 is 0 Å². The van der Waals surface area contributed by atoms with Crippen LogP contribution in [-0.4, -0.2) is 28.0 Å². The van der Waals surface area contributed by atoms with Gasteiger partial charge in [0.25, 0.3) is 5.91 Å². The van der Waals surface area contributed by atoms with Crippen LogP contribution in [-0.2, 0) is 6.54 Å². The summed E-state index contributed by atoms with van der Waals surface area (Å²) in [6, 6.07) is 5.63. The summed E-state index contributed by atoms with van der Waals surface area (Å²) in [5.74, 6) is -0.165. The average Bonchev–Trinajstić information content (AvgIpc) is 2.57. The quantitative estimate of drug-likeness (QED) is 0.881. The highest BCUT2D eigenvalue weighted by Crippen LogP contribution is 2.22. The van der Waals surface area contributed by atoms with Crippen LogP contribution < -0.4 is 11.2 Å².